The molecule has 59 heavy (non-hydrogen) atoms. The molecule has 1 aliphatic rings. The first-order chi connectivity index (χ1) is 29.3. The molecule has 13 rings (SSSR count). The van der Waals surface area contributed by atoms with E-state index in [1.54, 1.807) is 0 Å². The van der Waals surface area contributed by atoms with Crippen LogP contribution in [0.25, 0.3) is 92.8 Å². The highest BCUT2D eigenvalue weighted by Gasteiger charge is 2.28. The monoisotopic (exact) mass is 755 g/mol. The standard InChI is InChI=1S/C53H33N5O/c1-2-16-34-31-47-42(30-33(34)15-1)38-21-7-9-24-43(38)57(47)46-29-28-41(49-40-22-8-12-27-48(40)59-50(46)49)52-54-51(39-23-13-17-32-14-3-4-18-35(32)39)55-53(56-52)58-44-25-10-5-19-36(44)37-20-6-11-26-45(37)58/h1-31,52H,(H,54,55,56). The van der Waals surface area contributed by atoms with E-state index in [0.717, 1.165) is 77.4 Å². The van der Waals surface area contributed by atoms with Gasteiger partial charge in [-0.05, 0) is 64.0 Å². The molecular formula is C53H33N5O. The lowest BCUT2D eigenvalue weighted by Crippen LogP contribution is -2.39. The third-order valence-electron chi connectivity index (χ3n) is 12.2. The molecule has 0 aliphatic carbocycles. The number of para-hydroxylation sites is 4. The van der Waals surface area contributed by atoms with Crippen molar-refractivity contribution in [3.05, 3.63) is 199 Å². The molecule has 1 aliphatic heterocycles. The van der Waals surface area contributed by atoms with Crippen LogP contribution in [0.1, 0.15) is 17.3 Å². The molecule has 1 N–H and O–H groups in total. The van der Waals surface area contributed by atoms with E-state index in [9.17, 15) is 0 Å². The molecule has 276 valence electrons. The van der Waals surface area contributed by atoms with Gasteiger partial charge in [0.2, 0.25) is 5.96 Å². The van der Waals surface area contributed by atoms with Gasteiger partial charge in [0, 0.05) is 43.4 Å². The van der Waals surface area contributed by atoms with E-state index in [-0.39, 0.29) is 0 Å². The highest BCUT2D eigenvalue weighted by molar-refractivity contribution is 6.21. The van der Waals surface area contributed by atoms with Crippen LogP contribution < -0.4 is 5.32 Å². The summed E-state index contributed by atoms with van der Waals surface area (Å²) < 4.78 is 11.6. The van der Waals surface area contributed by atoms with E-state index < -0.39 is 6.17 Å². The number of fused-ring (bicyclic) bond motifs is 11. The van der Waals surface area contributed by atoms with E-state index >= 15 is 0 Å². The number of furan rings is 1. The second kappa shape index (κ2) is 12.3. The molecule has 0 spiro atoms. The molecule has 4 heterocycles. The molecule has 9 aromatic carbocycles. The van der Waals surface area contributed by atoms with Crippen LogP contribution in [0.3, 0.4) is 0 Å². The molecule has 1 unspecified atom stereocenters. The van der Waals surface area contributed by atoms with Gasteiger partial charge in [-0.25, -0.2) is 9.98 Å². The second-order valence-electron chi connectivity index (χ2n) is 15.4. The van der Waals surface area contributed by atoms with Crippen LogP contribution in [0.15, 0.2) is 202 Å². The fourth-order valence-electron chi connectivity index (χ4n) is 9.56. The highest BCUT2D eigenvalue weighted by Crippen LogP contribution is 2.43. The number of hydrogen-bond donors (Lipinski definition) is 1. The average Bonchev–Trinajstić information content (AvgIpc) is 3.96. The van der Waals surface area contributed by atoms with E-state index in [1.165, 1.54) is 32.3 Å². The normalized spacial score (nSPS) is 14.6. The van der Waals surface area contributed by atoms with Crippen molar-refractivity contribution in [1.82, 2.24) is 14.5 Å². The van der Waals surface area contributed by atoms with Gasteiger partial charge in [-0.2, -0.15) is 0 Å². The molecule has 0 saturated carbocycles. The minimum atomic E-state index is -0.597. The molecule has 0 amide bonds. The minimum absolute atomic E-state index is 0.597. The van der Waals surface area contributed by atoms with Crippen molar-refractivity contribution in [3.8, 4) is 5.69 Å². The zero-order valence-corrected chi connectivity index (χ0v) is 31.7. The van der Waals surface area contributed by atoms with Crippen LogP contribution in [0.2, 0.25) is 0 Å². The van der Waals surface area contributed by atoms with Crippen LogP contribution in [0.4, 0.5) is 0 Å². The number of nitrogens with zero attached hydrogens (tertiary/aromatic N) is 4. The maximum Gasteiger partial charge on any atom is 0.211 e. The van der Waals surface area contributed by atoms with Gasteiger partial charge >= 0.3 is 0 Å². The van der Waals surface area contributed by atoms with Gasteiger partial charge in [0.25, 0.3) is 0 Å². The lowest BCUT2D eigenvalue weighted by Gasteiger charge is -2.24. The summed E-state index contributed by atoms with van der Waals surface area (Å²) in [7, 11) is 0. The summed E-state index contributed by atoms with van der Waals surface area (Å²) in [6, 6.07) is 66.6. The van der Waals surface area contributed by atoms with Crippen molar-refractivity contribution in [1.29, 1.82) is 0 Å². The van der Waals surface area contributed by atoms with E-state index in [1.807, 2.05) is 6.07 Å². The number of benzene rings is 9. The van der Waals surface area contributed by atoms with Crippen LogP contribution in [0, 0.1) is 0 Å². The Balaban J connectivity index is 1.11. The molecule has 6 heteroatoms. The maximum absolute atomic E-state index is 6.97. The molecule has 0 bridgehead atoms. The first-order valence-corrected chi connectivity index (χ1v) is 20.0. The third kappa shape index (κ3) is 4.68. The number of aliphatic imine (C=N–C) groups is 2. The molecule has 0 saturated heterocycles. The Morgan fingerprint density at radius 3 is 1.76 bits per heavy atom. The molecule has 12 aromatic rings. The van der Waals surface area contributed by atoms with E-state index in [0.29, 0.717) is 5.96 Å². The molecule has 1 atom stereocenters. The van der Waals surface area contributed by atoms with Gasteiger partial charge in [-0.3, -0.25) is 4.57 Å². The predicted molar refractivity (Wildman–Crippen MR) is 244 cm³/mol. The average molecular weight is 756 g/mol. The second-order valence-corrected chi connectivity index (χ2v) is 15.4. The molecule has 3 aromatic heterocycles. The first kappa shape index (κ1) is 32.2. The molecule has 0 fully saturated rings. The highest BCUT2D eigenvalue weighted by atomic mass is 16.3. The molecular weight excluding hydrogens is 723 g/mol. The van der Waals surface area contributed by atoms with Crippen LogP contribution >= 0.6 is 0 Å². The van der Waals surface area contributed by atoms with E-state index in [4.69, 9.17) is 14.4 Å². The Labute approximate surface area is 337 Å². The zero-order chi connectivity index (χ0) is 38.6. The Morgan fingerprint density at radius 2 is 1.02 bits per heavy atom. The smallest absolute Gasteiger partial charge is 0.211 e. The Morgan fingerprint density at radius 1 is 0.441 bits per heavy atom. The van der Waals surface area contributed by atoms with Crippen molar-refractivity contribution in [3.63, 3.8) is 0 Å². The Kier molecular flexibility index (Phi) is 6.69. The number of amidine groups is 1. The maximum atomic E-state index is 6.97. The Hall–Kier alpha value is -7.96. The fourth-order valence-corrected chi connectivity index (χ4v) is 9.56. The van der Waals surface area contributed by atoms with Crippen LogP contribution in [0.5, 0.6) is 0 Å². The van der Waals surface area contributed by atoms with Gasteiger partial charge in [-0.1, -0.05) is 146 Å². The quantitative estimate of drug-likeness (QED) is 0.195. The number of rotatable bonds is 3. The van der Waals surface area contributed by atoms with Crippen molar-refractivity contribution in [2.75, 3.05) is 0 Å². The fraction of sp³-hybridized carbons (Fsp3) is 0.0189. The molecule has 6 nitrogen and oxygen atoms in total. The Bertz CT molecular complexity index is 3730. The van der Waals surface area contributed by atoms with Gasteiger partial charge in [0.05, 0.1) is 27.8 Å². The lowest BCUT2D eigenvalue weighted by atomic mass is 10.0. The van der Waals surface area contributed by atoms with Crippen molar-refractivity contribution in [2.24, 2.45) is 9.98 Å². The van der Waals surface area contributed by atoms with Crippen molar-refractivity contribution in [2.45, 2.75) is 6.17 Å². The van der Waals surface area contributed by atoms with Gasteiger partial charge in [0.15, 0.2) is 11.7 Å². The number of hydrogen-bond acceptors (Lipinski definition) is 4. The SMILES string of the molecule is c1ccc2cc3c(cc2c1)c1ccccc1n3-c1ccc(C2N=C(c3cccc4ccccc34)NC(n3c4ccccc4c4ccccc43)=N2)c2c1oc1ccccc12. The van der Waals surface area contributed by atoms with Crippen LogP contribution in [-0.2, 0) is 0 Å². The van der Waals surface area contributed by atoms with Crippen molar-refractivity contribution >= 4 is 98.9 Å². The summed E-state index contributed by atoms with van der Waals surface area (Å²) in [4.78, 5) is 11.1. The first-order valence-electron chi connectivity index (χ1n) is 20.0. The van der Waals surface area contributed by atoms with Gasteiger partial charge < -0.3 is 14.3 Å². The van der Waals surface area contributed by atoms with Crippen LogP contribution in [-0.4, -0.2) is 20.9 Å². The predicted octanol–water partition coefficient (Wildman–Crippen LogP) is 13.1. The van der Waals surface area contributed by atoms with E-state index in [2.05, 4.69) is 196 Å². The number of nitrogens with one attached hydrogen (secondary N) is 1. The summed E-state index contributed by atoms with van der Waals surface area (Å²) in [5, 5.41) is 15.2. The summed E-state index contributed by atoms with van der Waals surface area (Å²) in [5.41, 5.74) is 8.98. The number of aromatic nitrogens is 2. The minimum Gasteiger partial charge on any atom is -0.454 e. The lowest BCUT2D eigenvalue weighted by molar-refractivity contribution is 0.665. The van der Waals surface area contributed by atoms with Gasteiger partial charge in [0.1, 0.15) is 11.4 Å². The topological polar surface area (TPSA) is 59.8 Å². The summed E-state index contributed by atoms with van der Waals surface area (Å²) in [6.45, 7) is 0. The summed E-state index contributed by atoms with van der Waals surface area (Å²) in [5.74, 6) is 1.47. The summed E-state index contributed by atoms with van der Waals surface area (Å²) in [6.07, 6.45) is -0.597. The molecule has 0 radical (unpaired) electrons. The third-order valence-corrected chi connectivity index (χ3v) is 12.2. The summed E-state index contributed by atoms with van der Waals surface area (Å²) >= 11 is 0. The largest absolute Gasteiger partial charge is 0.454 e. The van der Waals surface area contributed by atoms with Gasteiger partial charge in [-0.15, -0.1) is 0 Å². The zero-order valence-electron chi connectivity index (χ0n) is 31.7. The van der Waals surface area contributed by atoms with Crippen molar-refractivity contribution < 1.29 is 4.42 Å².